The van der Waals surface area contributed by atoms with Crippen LogP contribution >= 0.6 is 0 Å². The summed E-state index contributed by atoms with van der Waals surface area (Å²) in [5.74, 6) is -1.71. The molecule has 3 unspecified atom stereocenters. The van der Waals surface area contributed by atoms with Crippen molar-refractivity contribution in [3.63, 3.8) is 0 Å². The van der Waals surface area contributed by atoms with Crippen LogP contribution in [0.4, 0.5) is 0 Å². The van der Waals surface area contributed by atoms with Crippen molar-refractivity contribution in [1.82, 2.24) is 0 Å². The fraction of sp³-hybridized carbons (Fsp3) is 0.500. The highest BCUT2D eigenvalue weighted by Crippen LogP contribution is 2.43. The van der Waals surface area contributed by atoms with Crippen molar-refractivity contribution >= 4 is 17.9 Å². The topological polar surface area (TPSA) is 107 Å². The van der Waals surface area contributed by atoms with Gasteiger partial charge in [0.05, 0.1) is 5.56 Å². The molecule has 0 amide bonds. The highest BCUT2D eigenvalue weighted by molar-refractivity contribution is 5.89. The average molecular weight is 378 g/mol. The van der Waals surface area contributed by atoms with Crippen molar-refractivity contribution in [3.8, 4) is 0 Å². The summed E-state index contributed by atoms with van der Waals surface area (Å²) in [6.07, 6.45) is -5.12. The second kappa shape index (κ2) is 6.91. The van der Waals surface area contributed by atoms with E-state index in [1.54, 1.807) is 30.3 Å². The van der Waals surface area contributed by atoms with Crippen LogP contribution in [0.15, 0.2) is 30.3 Å². The van der Waals surface area contributed by atoms with Crippen LogP contribution < -0.4 is 0 Å². The predicted octanol–water partition coefficient (Wildman–Crippen LogP) is 0.555. The van der Waals surface area contributed by atoms with Gasteiger partial charge in [0.25, 0.3) is 6.48 Å². The number of benzene rings is 1. The first kappa shape index (κ1) is 17.9. The van der Waals surface area contributed by atoms with E-state index < -0.39 is 61.0 Å². The summed E-state index contributed by atoms with van der Waals surface area (Å²) in [6.45, 7) is 1.48. The molecular formula is C18H18O9. The van der Waals surface area contributed by atoms with Gasteiger partial charge < -0.3 is 28.4 Å². The van der Waals surface area contributed by atoms with Gasteiger partial charge in [0, 0.05) is 13.8 Å². The van der Waals surface area contributed by atoms with Gasteiger partial charge in [-0.25, -0.2) is 4.79 Å². The van der Waals surface area contributed by atoms with Gasteiger partial charge in [-0.2, -0.15) is 0 Å². The summed E-state index contributed by atoms with van der Waals surface area (Å²) in [5, 5.41) is 0. The Morgan fingerprint density at radius 1 is 0.741 bits per heavy atom. The third kappa shape index (κ3) is 3.29. The van der Waals surface area contributed by atoms with Crippen LogP contribution in [0, 0.1) is 0 Å². The molecule has 7 atom stereocenters. The van der Waals surface area contributed by atoms with Crippen LogP contribution in [-0.2, 0) is 38.0 Å². The molecule has 9 heteroatoms. The molecule has 9 nitrogen and oxygen atoms in total. The molecule has 27 heavy (non-hydrogen) atoms. The molecule has 1 aliphatic carbocycles. The minimum absolute atomic E-state index is 0.343. The lowest BCUT2D eigenvalue weighted by Gasteiger charge is -2.57. The Morgan fingerprint density at radius 2 is 1.19 bits per heavy atom. The molecule has 4 aliphatic rings. The number of carbonyl (C=O) groups excluding carboxylic acids is 3. The molecule has 0 aromatic heterocycles. The summed E-state index contributed by atoms with van der Waals surface area (Å²) >= 11 is 0. The van der Waals surface area contributed by atoms with Gasteiger partial charge in [0.1, 0.15) is 18.3 Å². The molecule has 0 spiro atoms. The van der Waals surface area contributed by atoms with Gasteiger partial charge in [-0.1, -0.05) is 18.2 Å². The lowest BCUT2D eigenvalue weighted by atomic mass is 9.82. The Kier molecular flexibility index (Phi) is 4.58. The Labute approximate surface area is 154 Å². The first-order valence-corrected chi connectivity index (χ1v) is 8.51. The van der Waals surface area contributed by atoms with Crippen LogP contribution in [-0.4, -0.2) is 61.0 Å². The molecule has 144 valence electrons. The Balaban J connectivity index is 1.62. The summed E-state index contributed by atoms with van der Waals surface area (Å²) in [5.41, 5.74) is 0.343. The molecule has 1 aromatic rings. The standard InChI is InChI=1S/C18H18O9/c1-8(19)22-11-14-12(23-9(2)20)16-13(15(11)26-18(25-14)27-16)24-17(21)10-6-4-3-5-7-10/h3-7,11-16,18H,1-2H3/t11-,12+,13?,14?,15+,16-,18?. The van der Waals surface area contributed by atoms with Crippen LogP contribution in [0.3, 0.4) is 0 Å². The summed E-state index contributed by atoms with van der Waals surface area (Å²) in [7, 11) is 0. The molecule has 1 saturated carbocycles. The maximum absolute atomic E-state index is 12.5. The van der Waals surface area contributed by atoms with Crippen LogP contribution in [0.5, 0.6) is 0 Å². The van der Waals surface area contributed by atoms with Crippen molar-refractivity contribution in [2.45, 2.75) is 56.9 Å². The van der Waals surface area contributed by atoms with E-state index in [1.165, 1.54) is 13.8 Å². The third-order valence-electron chi connectivity index (χ3n) is 4.60. The number of hydrogen-bond acceptors (Lipinski definition) is 9. The molecule has 0 N–H and O–H groups in total. The monoisotopic (exact) mass is 378 g/mol. The van der Waals surface area contributed by atoms with E-state index in [9.17, 15) is 14.4 Å². The fourth-order valence-corrected chi connectivity index (χ4v) is 3.62. The lowest BCUT2D eigenvalue weighted by molar-refractivity contribution is -0.479. The molecular weight excluding hydrogens is 360 g/mol. The number of carbonyl (C=O) groups is 3. The van der Waals surface area contributed by atoms with E-state index in [1.807, 2.05) is 0 Å². The Morgan fingerprint density at radius 3 is 1.63 bits per heavy atom. The number of hydrogen-bond donors (Lipinski definition) is 0. The van der Waals surface area contributed by atoms with Gasteiger partial charge in [-0.15, -0.1) is 0 Å². The average Bonchev–Trinajstić information content (AvgIpc) is 2.63. The predicted molar refractivity (Wildman–Crippen MR) is 85.2 cm³/mol. The molecule has 4 bridgehead atoms. The molecule has 5 rings (SSSR count). The van der Waals surface area contributed by atoms with Crippen molar-refractivity contribution in [2.75, 3.05) is 0 Å². The lowest BCUT2D eigenvalue weighted by Crippen LogP contribution is -2.76. The van der Waals surface area contributed by atoms with Crippen molar-refractivity contribution in [1.29, 1.82) is 0 Å². The maximum atomic E-state index is 12.5. The third-order valence-corrected chi connectivity index (χ3v) is 4.60. The maximum Gasteiger partial charge on any atom is 0.338 e. The van der Waals surface area contributed by atoms with Gasteiger partial charge in [0.2, 0.25) is 0 Å². The molecule has 4 fully saturated rings. The molecule has 1 aromatic carbocycles. The smallest absolute Gasteiger partial charge is 0.338 e. The Hall–Kier alpha value is -2.49. The van der Waals surface area contributed by atoms with E-state index >= 15 is 0 Å². The summed E-state index contributed by atoms with van der Waals surface area (Å²) in [6, 6.07) is 8.40. The zero-order chi connectivity index (χ0) is 19.1. The first-order valence-electron chi connectivity index (χ1n) is 8.51. The summed E-state index contributed by atoms with van der Waals surface area (Å²) < 4.78 is 33.0. The molecule has 0 radical (unpaired) electrons. The van der Waals surface area contributed by atoms with E-state index in [0.717, 1.165) is 0 Å². The van der Waals surface area contributed by atoms with Gasteiger partial charge in [-0.05, 0) is 12.1 Å². The van der Waals surface area contributed by atoms with Crippen LogP contribution in [0.1, 0.15) is 24.2 Å². The zero-order valence-electron chi connectivity index (χ0n) is 14.6. The SMILES string of the molecule is CC(=O)O[C@@H]1C2OC3O[C@@H]1C(OC(=O)c1ccccc1)[C@H](O3)[C@H]2OC(C)=O. The number of esters is 3. The van der Waals surface area contributed by atoms with Gasteiger partial charge in [0.15, 0.2) is 18.3 Å². The highest BCUT2D eigenvalue weighted by Gasteiger charge is 2.66. The minimum atomic E-state index is -1.00. The van der Waals surface area contributed by atoms with Gasteiger partial charge >= 0.3 is 17.9 Å². The molecule has 3 aliphatic heterocycles. The zero-order valence-corrected chi connectivity index (χ0v) is 14.6. The second-order valence-corrected chi connectivity index (χ2v) is 6.47. The minimum Gasteiger partial charge on any atom is -0.457 e. The summed E-state index contributed by atoms with van der Waals surface area (Å²) in [4.78, 5) is 35.6. The second-order valence-electron chi connectivity index (χ2n) is 6.47. The van der Waals surface area contributed by atoms with Gasteiger partial charge in [-0.3, -0.25) is 9.59 Å². The molecule has 3 heterocycles. The van der Waals surface area contributed by atoms with Crippen LogP contribution in [0.2, 0.25) is 0 Å². The van der Waals surface area contributed by atoms with Crippen molar-refractivity contribution < 1.29 is 42.8 Å². The van der Waals surface area contributed by atoms with Crippen molar-refractivity contribution in [3.05, 3.63) is 35.9 Å². The normalized spacial score (nSPS) is 36.1. The van der Waals surface area contributed by atoms with E-state index in [2.05, 4.69) is 0 Å². The van der Waals surface area contributed by atoms with E-state index in [4.69, 9.17) is 28.4 Å². The van der Waals surface area contributed by atoms with E-state index in [0.29, 0.717) is 5.56 Å². The highest BCUT2D eigenvalue weighted by atomic mass is 16.9. The first-order chi connectivity index (χ1) is 12.9. The quantitative estimate of drug-likeness (QED) is 0.548. The largest absolute Gasteiger partial charge is 0.457 e. The number of rotatable bonds is 4. The van der Waals surface area contributed by atoms with E-state index in [-0.39, 0.29) is 0 Å². The fourth-order valence-electron chi connectivity index (χ4n) is 3.62. The van der Waals surface area contributed by atoms with Crippen LogP contribution in [0.25, 0.3) is 0 Å². The number of ether oxygens (including phenoxy) is 6. The van der Waals surface area contributed by atoms with Crippen molar-refractivity contribution in [2.24, 2.45) is 0 Å². The Bertz CT molecular complexity index is 714. The molecule has 3 saturated heterocycles.